The first kappa shape index (κ1) is 14.0. The molecule has 1 aromatic carbocycles. The average Bonchev–Trinajstić information content (AvgIpc) is 2.88. The minimum absolute atomic E-state index is 0.0224. The van der Waals surface area contributed by atoms with Crippen LogP contribution in [0.4, 0.5) is 0 Å². The molecule has 20 heavy (non-hydrogen) atoms. The maximum absolute atomic E-state index is 10.8. The number of aromatic carboxylic acids is 1. The molecule has 2 rings (SSSR count). The van der Waals surface area contributed by atoms with Crippen LogP contribution >= 0.6 is 11.5 Å². The predicted octanol–water partition coefficient (Wildman–Crippen LogP) is 3.17. The van der Waals surface area contributed by atoms with Gasteiger partial charge in [-0.1, -0.05) is 0 Å². The van der Waals surface area contributed by atoms with Crippen LogP contribution in [0.3, 0.4) is 0 Å². The lowest BCUT2D eigenvalue weighted by Gasteiger charge is -2.11. The largest absolute Gasteiger partial charge is 0.490 e. The van der Waals surface area contributed by atoms with Gasteiger partial charge < -0.3 is 9.84 Å². The summed E-state index contributed by atoms with van der Waals surface area (Å²) in [6.07, 6.45) is -0.0224. The number of carboxylic acids is 1. The van der Waals surface area contributed by atoms with E-state index in [1.807, 2.05) is 13.8 Å². The third-order valence-electron chi connectivity index (χ3n) is 2.48. The second-order valence-electron chi connectivity index (χ2n) is 4.37. The summed E-state index contributed by atoms with van der Waals surface area (Å²) in [6, 6.07) is 8.68. The number of aromatic nitrogens is 1. The third kappa shape index (κ3) is 2.95. The van der Waals surface area contributed by atoms with Crippen molar-refractivity contribution in [3.05, 3.63) is 34.7 Å². The van der Waals surface area contributed by atoms with Crippen molar-refractivity contribution in [3.63, 3.8) is 0 Å². The number of benzene rings is 1. The van der Waals surface area contributed by atoms with Crippen LogP contribution in [0.2, 0.25) is 0 Å². The zero-order valence-electron chi connectivity index (χ0n) is 11.0. The number of hydrogen-bond acceptors (Lipinski definition) is 5. The van der Waals surface area contributed by atoms with Gasteiger partial charge in [-0.15, -0.1) is 0 Å². The SMILES string of the molecule is CC(C)Oc1ccc(-c2cc(C(=O)O)sn2)cc1C#N. The topological polar surface area (TPSA) is 83.2 Å². The first-order chi connectivity index (χ1) is 9.51. The van der Waals surface area contributed by atoms with Crippen LogP contribution in [0.15, 0.2) is 24.3 Å². The van der Waals surface area contributed by atoms with Crippen molar-refractivity contribution < 1.29 is 14.6 Å². The fraction of sp³-hybridized carbons (Fsp3) is 0.214. The first-order valence-corrected chi connectivity index (χ1v) is 6.69. The maximum atomic E-state index is 10.8. The van der Waals surface area contributed by atoms with Gasteiger partial charge in [-0.3, -0.25) is 0 Å². The van der Waals surface area contributed by atoms with Crippen LogP contribution < -0.4 is 4.74 Å². The molecule has 0 radical (unpaired) electrons. The predicted molar refractivity (Wildman–Crippen MR) is 75.0 cm³/mol. The number of nitrogens with zero attached hydrogens (tertiary/aromatic N) is 2. The molecule has 2 aromatic rings. The second kappa shape index (κ2) is 5.72. The lowest BCUT2D eigenvalue weighted by Crippen LogP contribution is -2.06. The van der Waals surface area contributed by atoms with Crippen molar-refractivity contribution in [3.8, 4) is 23.1 Å². The molecule has 6 heteroatoms. The highest BCUT2D eigenvalue weighted by atomic mass is 32.1. The highest BCUT2D eigenvalue weighted by Crippen LogP contribution is 2.28. The summed E-state index contributed by atoms with van der Waals surface area (Å²) in [7, 11) is 0. The Morgan fingerprint density at radius 3 is 2.75 bits per heavy atom. The van der Waals surface area contributed by atoms with Crippen molar-refractivity contribution >= 4 is 17.5 Å². The van der Waals surface area contributed by atoms with Gasteiger partial charge >= 0.3 is 5.97 Å². The number of nitriles is 1. The number of hydrogen-bond donors (Lipinski definition) is 1. The van der Waals surface area contributed by atoms with E-state index in [1.54, 1.807) is 18.2 Å². The van der Waals surface area contributed by atoms with Gasteiger partial charge in [0.15, 0.2) is 0 Å². The van der Waals surface area contributed by atoms with Gasteiger partial charge in [-0.25, -0.2) is 4.79 Å². The van der Waals surface area contributed by atoms with E-state index >= 15 is 0 Å². The molecule has 0 amide bonds. The molecule has 0 spiro atoms. The van der Waals surface area contributed by atoms with Crippen molar-refractivity contribution in [2.75, 3.05) is 0 Å². The molecule has 0 aliphatic carbocycles. The number of carbonyl (C=O) groups is 1. The second-order valence-corrected chi connectivity index (χ2v) is 5.18. The van der Waals surface area contributed by atoms with Crippen LogP contribution in [-0.2, 0) is 0 Å². The van der Waals surface area contributed by atoms with E-state index in [0.717, 1.165) is 11.5 Å². The van der Waals surface area contributed by atoms with E-state index in [9.17, 15) is 4.79 Å². The molecule has 5 nitrogen and oxygen atoms in total. The monoisotopic (exact) mass is 288 g/mol. The summed E-state index contributed by atoms with van der Waals surface area (Å²) < 4.78 is 9.62. The minimum Gasteiger partial charge on any atom is -0.490 e. The molecule has 0 unspecified atom stereocenters. The molecule has 1 heterocycles. The Morgan fingerprint density at radius 2 is 2.20 bits per heavy atom. The van der Waals surface area contributed by atoms with E-state index in [-0.39, 0.29) is 11.0 Å². The Balaban J connectivity index is 2.38. The summed E-state index contributed by atoms with van der Waals surface area (Å²) in [6.45, 7) is 3.77. The molecule has 102 valence electrons. The normalized spacial score (nSPS) is 10.3. The minimum atomic E-state index is -1.01. The van der Waals surface area contributed by atoms with E-state index in [2.05, 4.69) is 10.4 Å². The first-order valence-electron chi connectivity index (χ1n) is 5.92. The Kier molecular flexibility index (Phi) is 4.01. The van der Waals surface area contributed by atoms with Crippen molar-refractivity contribution in [1.29, 1.82) is 5.26 Å². The van der Waals surface area contributed by atoms with Gasteiger partial charge in [0.1, 0.15) is 16.7 Å². The Hall–Kier alpha value is -2.39. The van der Waals surface area contributed by atoms with Crippen LogP contribution in [0.5, 0.6) is 5.75 Å². The molecular weight excluding hydrogens is 276 g/mol. The summed E-state index contributed by atoms with van der Waals surface area (Å²) in [4.78, 5) is 11.0. The lowest BCUT2D eigenvalue weighted by molar-refractivity contribution is 0.0702. The fourth-order valence-corrected chi connectivity index (χ4v) is 2.24. The standard InChI is InChI=1S/C14H12N2O3S/c1-8(2)19-12-4-3-9(5-10(12)7-15)11-6-13(14(17)18)20-16-11/h3-6,8H,1-2H3,(H,17,18). The highest BCUT2D eigenvalue weighted by Gasteiger charge is 2.12. The molecule has 0 aliphatic heterocycles. The third-order valence-corrected chi connectivity index (χ3v) is 3.26. The molecule has 0 atom stereocenters. The van der Waals surface area contributed by atoms with Gasteiger partial charge in [-0.05, 0) is 49.6 Å². The summed E-state index contributed by atoms with van der Waals surface area (Å²) in [5.41, 5.74) is 1.64. The van der Waals surface area contributed by atoms with Crippen molar-refractivity contribution in [2.24, 2.45) is 0 Å². The average molecular weight is 288 g/mol. The molecule has 1 aromatic heterocycles. The molecule has 1 N–H and O–H groups in total. The van der Waals surface area contributed by atoms with E-state index in [1.165, 1.54) is 6.07 Å². The van der Waals surface area contributed by atoms with Crippen molar-refractivity contribution in [2.45, 2.75) is 20.0 Å². The molecule has 0 fully saturated rings. The molecule has 0 saturated heterocycles. The molecular formula is C14H12N2O3S. The van der Waals surface area contributed by atoms with Crippen LogP contribution in [0.25, 0.3) is 11.3 Å². The fourth-order valence-electron chi connectivity index (χ4n) is 1.65. The van der Waals surface area contributed by atoms with Gasteiger partial charge in [-0.2, -0.15) is 9.64 Å². The summed E-state index contributed by atoms with van der Waals surface area (Å²) >= 11 is 0.917. The summed E-state index contributed by atoms with van der Waals surface area (Å²) in [5.74, 6) is -0.492. The van der Waals surface area contributed by atoms with Crippen LogP contribution in [0, 0.1) is 11.3 Å². The quantitative estimate of drug-likeness (QED) is 0.934. The van der Waals surface area contributed by atoms with E-state index < -0.39 is 5.97 Å². The number of rotatable bonds is 4. The van der Waals surface area contributed by atoms with E-state index in [4.69, 9.17) is 15.1 Å². The number of ether oxygens (including phenoxy) is 1. The Bertz CT molecular complexity index is 686. The smallest absolute Gasteiger partial charge is 0.347 e. The zero-order chi connectivity index (χ0) is 14.7. The Morgan fingerprint density at radius 1 is 1.45 bits per heavy atom. The van der Waals surface area contributed by atoms with Gasteiger partial charge in [0.25, 0.3) is 0 Å². The van der Waals surface area contributed by atoms with Crippen LogP contribution in [0.1, 0.15) is 29.1 Å². The highest BCUT2D eigenvalue weighted by molar-refractivity contribution is 7.08. The zero-order valence-corrected chi connectivity index (χ0v) is 11.8. The molecule has 0 aliphatic rings. The maximum Gasteiger partial charge on any atom is 0.347 e. The summed E-state index contributed by atoms with van der Waals surface area (Å²) in [5, 5.41) is 18.0. The molecule has 0 saturated carbocycles. The molecule has 0 bridgehead atoms. The van der Waals surface area contributed by atoms with Crippen molar-refractivity contribution in [1.82, 2.24) is 4.37 Å². The van der Waals surface area contributed by atoms with Gasteiger partial charge in [0.05, 0.1) is 17.4 Å². The Labute approximate surface area is 120 Å². The van der Waals surface area contributed by atoms with E-state index in [0.29, 0.717) is 22.6 Å². The van der Waals surface area contributed by atoms with Gasteiger partial charge in [0, 0.05) is 5.56 Å². The van der Waals surface area contributed by atoms with Gasteiger partial charge in [0.2, 0.25) is 0 Å². The number of carboxylic acid groups (broad SMARTS) is 1. The van der Waals surface area contributed by atoms with Crippen LogP contribution in [-0.4, -0.2) is 21.6 Å². The lowest BCUT2D eigenvalue weighted by atomic mass is 10.1.